The molecule has 1 aromatic heterocycles. The summed E-state index contributed by atoms with van der Waals surface area (Å²) in [5, 5.41) is 0.537. The Morgan fingerprint density at radius 1 is 0.882 bits per heavy atom. The third-order valence-corrected chi connectivity index (χ3v) is 3.76. The molecule has 0 saturated carbocycles. The number of hydrogen-bond acceptors (Lipinski definition) is 2. The Hall–Kier alpha value is -0.580. The zero-order valence-electron chi connectivity index (χ0n) is 11.0. The summed E-state index contributed by atoms with van der Waals surface area (Å²) in [6, 6.07) is 0. The van der Waals surface area contributed by atoms with E-state index in [9.17, 15) is 13.2 Å². The lowest BCUT2D eigenvalue weighted by Gasteiger charge is -2.19. The summed E-state index contributed by atoms with van der Waals surface area (Å²) in [4.78, 5) is 3.66. The van der Waals surface area contributed by atoms with Crippen molar-refractivity contribution in [3.63, 3.8) is 0 Å². The van der Waals surface area contributed by atoms with E-state index in [1.807, 2.05) is 20.8 Å². The third kappa shape index (κ3) is 3.21. The van der Waals surface area contributed by atoms with Gasteiger partial charge in [-0.1, -0.05) is 41.5 Å². The predicted molar refractivity (Wildman–Crippen MR) is 64.5 cm³/mol. The minimum Gasteiger partial charge on any atom is -0.245 e. The highest BCUT2D eigenvalue weighted by molar-refractivity contribution is 7.12. The van der Waals surface area contributed by atoms with Crippen LogP contribution in [0.5, 0.6) is 0 Å². The Kier molecular flexibility index (Phi) is 3.38. The standard InChI is InChI=1S/C12H18F3NS/c1-10(2,3)7-8(12(13,14)15)17-9(16-7)11(4,5)6/h1-6H3. The van der Waals surface area contributed by atoms with Crippen molar-refractivity contribution < 1.29 is 13.2 Å². The van der Waals surface area contributed by atoms with E-state index in [1.54, 1.807) is 20.8 Å². The second-order valence-electron chi connectivity index (χ2n) is 6.19. The average molecular weight is 265 g/mol. The highest BCUT2D eigenvalue weighted by Crippen LogP contribution is 2.43. The van der Waals surface area contributed by atoms with E-state index in [4.69, 9.17) is 0 Å². The van der Waals surface area contributed by atoms with Gasteiger partial charge in [-0.05, 0) is 0 Å². The van der Waals surface area contributed by atoms with Crippen LogP contribution in [0.1, 0.15) is 57.1 Å². The molecule has 1 heterocycles. The highest BCUT2D eigenvalue weighted by Gasteiger charge is 2.41. The van der Waals surface area contributed by atoms with Crippen molar-refractivity contribution in [2.75, 3.05) is 0 Å². The molecule has 1 aromatic rings. The van der Waals surface area contributed by atoms with Crippen LogP contribution in [-0.4, -0.2) is 4.98 Å². The fraction of sp³-hybridized carbons (Fsp3) is 0.750. The van der Waals surface area contributed by atoms with E-state index in [0.29, 0.717) is 5.01 Å². The smallest absolute Gasteiger partial charge is 0.245 e. The molecule has 0 fully saturated rings. The van der Waals surface area contributed by atoms with Gasteiger partial charge in [-0.25, -0.2) is 4.98 Å². The lowest BCUT2D eigenvalue weighted by molar-refractivity contribution is -0.135. The lowest BCUT2D eigenvalue weighted by Crippen LogP contribution is -2.19. The number of halogens is 3. The molecule has 0 aliphatic heterocycles. The molecule has 0 spiro atoms. The number of thiazole rings is 1. The van der Waals surface area contributed by atoms with Gasteiger partial charge >= 0.3 is 6.18 Å². The summed E-state index contributed by atoms with van der Waals surface area (Å²) < 4.78 is 38.9. The number of nitrogens with zero attached hydrogens (tertiary/aromatic N) is 1. The van der Waals surface area contributed by atoms with E-state index in [1.165, 1.54) is 0 Å². The molecule has 0 N–H and O–H groups in total. The number of rotatable bonds is 0. The summed E-state index contributed by atoms with van der Waals surface area (Å²) in [6.07, 6.45) is -4.32. The Morgan fingerprint density at radius 3 is 1.59 bits per heavy atom. The van der Waals surface area contributed by atoms with Gasteiger partial charge in [-0.3, -0.25) is 0 Å². The van der Waals surface area contributed by atoms with Crippen molar-refractivity contribution in [1.82, 2.24) is 4.98 Å². The van der Waals surface area contributed by atoms with Crippen molar-refractivity contribution >= 4 is 11.3 Å². The molecule has 0 aromatic carbocycles. The Labute approximate surface area is 104 Å². The fourth-order valence-electron chi connectivity index (χ4n) is 1.34. The Balaban J connectivity index is 3.44. The summed E-state index contributed by atoms with van der Waals surface area (Å²) in [7, 11) is 0. The van der Waals surface area contributed by atoms with Crippen LogP contribution in [0.15, 0.2) is 0 Å². The van der Waals surface area contributed by atoms with E-state index >= 15 is 0 Å². The second kappa shape index (κ2) is 3.97. The van der Waals surface area contributed by atoms with Crippen molar-refractivity contribution in [2.45, 2.75) is 58.5 Å². The number of hydrogen-bond donors (Lipinski definition) is 0. The first-order valence-corrected chi connectivity index (χ1v) is 6.24. The van der Waals surface area contributed by atoms with Gasteiger partial charge in [-0.2, -0.15) is 13.2 Å². The maximum atomic E-state index is 13.0. The Morgan fingerprint density at radius 2 is 1.35 bits per heavy atom. The normalized spacial score (nSPS) is 14.2. The van der Waals surface area contributed by atoms with E-state index in [0.717, 1.165) is 11.3 Å². The molecule has 98 valence electrons. The van der Waals surface area contributed by atoms with Crippen LogP contribution in [0.3, 0.4) is 0 Å². The van der Waals surface area contributed by atoms with Crippen molar-refractivity contribution in [1.29, 1.82) is 0 Å². The first-order chi connectivity index (χ1) is 7.33. The van der Waals surface area contributed by atoms with Gasteiger partial charge in [0.05, 0.1) is 10.7 Å². The molecule has 0 aliphatic rings. The van der Waals surface area contributed by atoms with Crippen molar-refractivity contribution in [2.24, 2.45) is 0 Å². The molecular formula is C12H18F3NS. The molecule has 0 aliphatic carbocycles. The largest absolute Gasteiger partial charge is 0.427 e. The quantitative estimate of drug-likeness (QED) is 0.659. The van der Waals surface area contributed by atoms with E-state index < -0.39 is 16.5 Å². The number of alkyl halides is 3. The lowest BCUT2D eigenvalue weighted by atomic mass is 9.90. The maximum Gasteiger partial charge on any atom is 0.427 e. The van der Waals surface area contributed by atoms with Crippen molar-refractivity contribution in [3.8, 4) is 0 Å². The topological polar surface area (TPSA) is 12.9 Å². The van der Waals surface area contributed by atoms with Crippen LogP contribution < -0.4 is 0 Å². The van der Waals surface area contributed by atoms with Crippen LogP contribution in [0, 0.1) is 0 Å². The summed E-state index contributed by atoms with van der Waals surface area (Å²) in [5.74, 6) is 0. The van der Waals surface area contributed by atoms with E-state index in [-0.39, 0.29) is 11.1 Å². The third-order valence-electron chi connectivity index (χ3n) is 2.24. The SMILES string of the molecule is CC(C)(C)c1nc(C(C)(C)C)c(C(F)(F)F)s1. The summed E-state index contributed by atoms with van der Waals surface area (Å²) >= 11 is 0.764. The molecule has 0 bridgehead atoms. The van der Waals surface area contributed by atoms with Gasteiger partial charge in [0, 0.05) is 10.8 Å². The minimum atomic E-state index is -4.32. The molecule has 0 radical (unpaired) electrons. The van der Waals surface area contributed by atoms with Gasteiger partial charge in [-0.15, -0.1) is 11.3 Å². The Bertz CT molecular complexity index is 373. The molecule has 5 heteroatoms. The van der Waals surface area contributed by atoms with E-state index in [2.05, 4.69) is 4.98 Å². The van der Waals surface area contributed by atoms with Gasteiger partial charge < -0.3 is 0 Å². The van der Waals surface area contributed by atoms with Crippen LogP contribution in [0.4, 0.5) is 13.2 Å². The molecule has 17 heavy (non-hydrogen) atoms. The zero-order valence-corrected chi connectivity index (χ0v) is 11.8. The zero-order chi connectivity index (χ0) is 13.6. The van der Waals surface area contributed by atoms with Crippen LogP contribution in [0.25, 0.3) is 0 Å². The number of aromatic nitrogens is 1. The molecule has 1 nitrogen and oxygen atoms in total. The minimum absolute atomic E-state index is 0.153. The fourth-order valence-corrected chi connectivity index (χ4v) is 2.54. The first kappa shape index (κ1) is 14.5. The molecule has 0 amide bonds. The summed E-state index contributed by atoms with van der Waals surface area (Å²) in [5.41, 5.74) is -0.793. The van der Waals surface area contributed by atoms with Crippen LogP contribution in [-0.2, 0) is 17.0 Å². The van der Waals surface area contributed by atoms with Gasteiger partial charge in [0.2, 0.25) is 0 Å². The van der Waals surface area contributed by atoms with Crippen LogP contribution >= 0.6 is 11.3 Å². The van der Waals surface area contributed by atoms with Crippen LogP contribution in [0.2, 0.25) is 0 Å². The first-order valence-electron chi connectivity index (χ1n) is 5.42. The highest BCUT2D eigenvalue weighted by atomic mass is 32.1. The molecule has 1 rings (SSSR count). The predicted octanol–water partition coefficient (Wildman–Crippen LogP) is 4.76. The molecular weight excluding hydrogens is 247 g/mol. The molecule has 0 saturated heterocycles. The molecule has 0 unspecified atom stereocenters. The molecule has 0 atom stereocenters. The van der Waals surface area contributed by atoms with Crippen molar-refractivity contribution in [3.05, 3.63) is 15.6 Å². The maximum absolute atomic E-state index is 13.0. The van der Waals surface area contributed by atoms with Gasteiger partial charge in [0.25, 0.3) is 0 Å². The van der Waals surface area contributed by atoms with Gasteiger partial charge in [0.1, 0.15) is 4.88 Å². The summed E-state index contributed by atoms with van der Waals surface area (Å²) in [6.45, 7) is 10.9. The van der Waals surface area contributed by atoms with Gasteiger partial charge in [0.15, 0.2) is 0 Å². The second-order valence-corrected chi connectivity index (χ2v) is 7.19. The monoisotopic (exact) mass is 265 g/mol. The average Bonchev–Trinajstić information content (AvgIpc) is 2.42.